The third-order valence-corrected chi connectivity index (χ3v) is 11.8. The smallest absolute Gasteiger partial charge is 0.261 e. The van der Waals surface area contributed by atoms with Crippen LogP contribution in [0.1, 0.15) is 41.0 Å². The number of azide groups is 1. The second-order valence-electron chi connectivity index (χ2n) is 10.5. The Hall–Kier alpha value is -2.19. The number of hydrogen-bond donors (Lipinski definition) is 0. The number of ether oxygens (including phenoxy) is 3. The molecule has 2 aliphatic rings. The second kappa shape index (κ2) is 9.82. The fourth-order valence-electron chi connectivity index (χ4n) is 5.37. The first-order chi connectivity index (χ1) is 16.2. The monoisotopic (exact) mass is 481 g/mol. The van der Waals surface area contributed by atoms with Crippen LogP contribution in [-0.4, -0.2) is 45.8 Å². The van der Waals surface area contributed by atoms with Gasteiger partial charge < -0.3 is 18.6 Å². The third kappa shape index (κ3) is 4.80. The summed E-state index contributed by atoms with van der Waals surface area (Å²) in [5, 5.41) is 6.09. The molecule has 2 saturated heterocycles. The lowest BCUT2D eigenvalue weighted by molar-refractivity contribution is -0.213. The normalized spacial score (nSPS) is 26.1. The second-order valence-corrected chi connectivity index (χ2v) is 14.8. The maximum absolute atomic E-state index is 8.78. The number of benzene rings is 2. The Kier molecular flexibility index (Phi) is 7.19. The zero-order valence-electron chi connectivity index (χ0n) is 20.7. The first-order valence-electron chi connectivity index (χ1n) is 11.9. The molecule has 0 amide bonds. The molecule has 2 fully saturated rings. The molecule has 2 heterocycles. The summed E-state index contributed by atoms with van der Waals surface area (Å²) in [4.78, 5) is 2.92. The van der Waals surface area contributed by atoms with E-state index < -0.39 is 20.4 Å². The maximum Gasteiger partial charge on any atom is 0.261 e. The molecular formula is C26H35N3O4Si. The highest BCUT2D eigenvalue weighted by atomic mass is 28.4. The number of hydrogen-bond acceptors (Lipinski definition) is 5. The molecule has 2 aliphatic heterocycles. The Morgan fingerprint density at radius 2 is 1.59 bits per heavy atom. The van der Waals surface area contributed by atoms with Crippen molar-refractivity contribution >= 4 is 18.7 Å². The molecule has 0 radical (unpaired) electrons. The zero-order valence-corrected chi connectivity index (χ0v) is 21.7. The fourth-order valence-corrected chi connectivity index (χ4v) is 9.94. The largest absolute Gasteiger partial charge is 0.405 e. The molecule has 0 N–H and O–H groups in total. The summed E-state index contributed by atoms with van der Waals surface area (Å²) in [5.74, 6) is -0.689. The van der Waals surface area contributed by atoms with E-state index in [0.717, 1.165) is 0 Å². The van der Waals surface area contributed by atoms with Gasteiger partial charge in [-0.25, -0.2) is 0 Å². The number of fused-ring (bicyclic) bond motifs is 1. The Labute approximate surface area is 203 Å². The summed E-state index contributed by atoms with van der Waals surface area (Å²) in [6.45, 7) is 11.4. The molecule has 0 unspecified atom stereocenters. The van der Waals surface area contributed by atoms with Gasteiger partial charge in [0.25, 0.3) is 8.32 Å². The lowest BCUT2D eigenvalue weighted by atomic mass is 9.95. The van der Waals surface area contributed by atoms with Crippen LogP contribution in [0.2, 0.25) is 5.04 Å². The van der Waals surface area contributed by atoms with E-state index in [0.29, 0.717) is 19.6 Å². The Bertz CT molecular complexity index is 966. The molecule has 34 heavy (non-hydrogen) atoms. The van der Waals surface area contributed by atoms with E-state index in [1.54, 1.807) is 0 Å². The summed E-state index contributed by atoms with van der Waals surface area (Å²) < 4.78 is 25.7. The average molecular weight is 482 g/mol. The number of rotatable bonds is 8. The molecule has 4 atom stereocenters. The van der Waals surface area contributed by atoms with Crippen molar-refractivity contribution in [1.82, 2.24) is 0 Å². The van der Waals surface area contributed by atoms with Crippen molar-refractivity contribution in [3.8, 4) is 0 Å². The van der Waals surface area contributed by atoms with Crippen LogP contribution in [0.4, 0.5) is 0 Å². The van der Waals surface area contributed by atoms with E-state index in [1.807, 2.05) is 26.0 Å². The standard InChI is InChI=1S/C26H35N3O4Si/c1-25(2,3)34(19-12-8-6-9-13-19,20-14-10-7-11-15-20)30-18-22-21(16-17-28-29-27)23-24(31-22)33-26(4,5)32-23/h6-15,21-24H,16-18H2,1-5H3/t21-,22+,23-,24-/m0/s1. The minimum atomic E-state index is -2.69. The molecule has 0 aliphatic carbocycles. The first kappa shape index (κ1) is 24.9. The zero-order chi connectivity index (χ0) is 24.4. The van der Waals surface area contributed by atoms with Gasteiger partial charge in [0, 0.05) is 17.4 Å². The molecule has 182 valence electrons. The van der Waals surface area contributed by atoms with Crippen molar-refractivity contribution in [1.29, 1.82) is 0 Å². The van der Waals surface area contributed by atoms with Crippen LogP contribution in [0.15, 0.2) is 65.8 Å². The van der Waals surface area contributed by atoms with Crippen LogP contribution in [-0.2, 0) is 18.6 Å². The highest BCUT2D eigenvalue weighted by molar-refractivity contribution is 6.99. The van der Waals surface area contributed by atoms with E-state index in [2.05, 4.69) is 79.3 Å². The molecule has 4 rings (SSSR count). The van der Waals surface area contributed by atoms with Gasteiger partial charge >= 0.3 is 0 Å². The summed E-state index contributed by atoms with van der Waals surface area (Å²) in [7, 11) is -2.69. The van der Waals surface area contributed by atoms with Crippen LogP contribution >= 0.6 is 0 Å². The predicted molar refractivity (Wildman–Crippen MR) is 134 cm³/mol. The van der Waals surface area contributed by atoms with E-state index in [9.17, 15) is 0 Å². The highest BCUT2D eigenvalue weighted by Crippen LogP contribution is 2.43. The SMILES string of the molecule is CC1(C)O[C@@H]2O[C@H](CO[Si](c3ccccc3)(c3ccccc3)C(C)(C)C)[C@H](CCN=[N+]=[N-])[C@@H]2O1. The van der Waals surface area contributed by atoms with Crippen molar-refractivity contribution < 1.29 is 18.6 Å². The Morgan fingerprint density at radius 1 is 1.00 bits per heavy atom. The maximum atomic E-state index is 8.78. The van der Waals surface area contributed by atoms with Gasteiger partial charge in [0.2, 0.25) is 0 Å². The summed E-state index contributed by atoms with van der Waals surface area (Å²) in [6, 6.07) is 21.1. The van der Waals surface area contributed by atoms with E-state index in [1.165, 1.54) is 10.4 Å². The molecule has 8 heteroatoms. The molecule has 7 nitrogen and oxygen atoms in total. The molecule has 2 aromatic rings. The van der Waals surface area contributed by atoms with Crippen LogP contribution in [0.5, 0.6) is 0 Å². The van der Waals surface area contributed by atoms with Gasteiger partial charge in [-0.15, -0.1) is 0 Å². The lowest BCUT2D eigenvalue weighted by Gasteiger charge is -2.43. The van der Waals surface area contributed by atoms with Gasteiger partial charge in [0.1, 0.15) is 6.10 Å². The van der Waals surface area contributed by atoms with E-state index in [4.69, 9.17) is 24.2 Å². The molecule has 0 bridgehead atoms. The minimum Gasteiger partial charge on any atom is -0.405 e. The van der Waals surface area contributed by atoms with Gasteiger partial charge in [-0.2, -0.15) is 0 Å². The predicted octanol–water partition coefficient (Wildman–Crippen LogP) is 4.76. The van der Waals surface area contributed by atoms with Gasteiger partial charge in [-0.3, -0.25) is 0 Å². The van der Waals surface area contributed by atoms with Gasteiger partial charge in [0.05, 0.1) is 12.7 Å². The van der Waals surface area contributed by atoms with Crippen molar-refractivity contribution in [3.05, 3.63) is 71.1 Å². The van der Waals surface area contributed by atoms with Gasteiger partial charge in [-0.1, -0.05) is 86.5 Å². The van der Waals surface area contributed by atoms with Crippen molar-refractivity contribution in [3.63, 3.8) is 0 Å². The van der Waals surface area contributed by atoms with E-state index >= 15 is 0 Å². The molecule has 0 spiro atoms. The molecule has 0 saturated carbocycles. The quantitative estimate of drug-likeness (QED) is 0.236. The Balaban J connectivity index is 1.66. The van der Waals surface area contributed by atoms with Crippen LogP contribution in [0.3, 0.4) is 0 Å². The number of nitrogens with zero attached hydrogens (tertiary/aromatic N) is 3. The first-order valence-corrected chi connectivity index (χ1v) is 13.9. The van der Waals surface area contributed by atoms with Crippen LogP contribution < -0.4 is 10.4 Å². The van der Waals surface area contributed by atoms with Crippen molar-refractivity contribution in [2.24, 2.45) is 11.0 Å². The third-order valence-electron chi connectivity index (χ3n) is 6.80. The van der Waals surface area contributed by atoms with Gasteiger partial charge in [0.15, 0.2) is 12.1 Å². The van der Waals surface area contributed by atoms with Gasteiger partial charge in [-0.05, 0) is 41.2 Å². The van der Waals surface area contributed by atoms with Crippen LogP contribution in [0.25, 0.3) is 10.4 Å². The summed E-state index contributed by atoms with van der Waals surface area (Å²) in [6.07, 6.45) is -0.225. The van der Waals surface area contributed by atoms with E-state index in [-0.39, 0.29) is 23.2 Å². The highest BCUT2D eigenvalue weighted by Gasteiger charge is 2.56. The van der Waals surface area contributed by atoms with Crippen LogP contribution in [0, 0.1) is 5.92 Å². The average Bonchev–Trinajstić information content (AvgIpc) is 3.26. The summed E-state index contributed by atoms with van der Waals surface area (Å²) in [5.41, 5.74) is 8.78. The lowest BCUT2D eigenvalue weighted by Crippen LogP contribution is -2.67. The molecular weight excluding hydrogens is 446 g/mol. The van der Waals surface area contributed by atoms with Crippen molar-refractivity contribution in [2.45, 2.75) is 70.4 Å². The fraction of sp³-hybridized carbons (Fsp3) is 0.538. The van der Waals surface area contributed by atoms with Crippen molar-refractivity contribution in [2.75, 3.05) is 13.2 Å². The minimum absolute atomic E-state index is 0.00971. The topological polar surface area (TPSA) is 85.7 Å². The molecule has 0 aromatic heterocycles. The molecule has 2 aromatic carbocycles. The Morgan fingerprint density at radius 3 is 2.12 bits per heavy atom. The summed E-state index contributed by atoms with van der Waals surface area (Å²) >= 11 is 0.